The zero-order chi connectivity index (χ0) is 21.7. The average molecular weight is 412 g/mol. The Morgan fingerprint density at radius 3 is 1.78 bits per heavy atom. The third-order valence-electron chi connectivity index (χ3n) is 6.81. The van der Waals surface area contributed by atoms with Gasteiger partial charge < -0.3 is 4.90 Å². The fraction of sp³-hybridized carbons (Fsp3) is 0.0968. The Labute approximate surface area is 189 Å². The van der Waals surface area contributed by atoms with Crippen molar-refractivity contribution in [3.8, 4) is 11.1 Å². The summed E-state index contributed by atoms with van der Waals surface area (Å²) in [6.07, 6.45) is 0. The molecule has 0 heterocycles. The third kappa shape index (κ3) is 2.85. The van der Waals surface area contributed by atoms with Crippen molar-refractivity contribution in [2.24, 2.45) is 0 Å². The normalized spacial score (nSPS) is 13.6. The molecule has 0 saturated carbocycles. The van der Waals surface area contributed by atoms with Gasteiger partial charge in [0.25, 0.3) is 0 Å². The van der Waals surface area contributed by atoms with Crippen LogP contribution in [-0.2, 0) is 5.41 Å². The van der Waals surface area contributed by atoms with Crippen LogP contribution in [0.4, 0.5) is 17.1 Å². The van der Waals surface area contributed by atoms with Crippen molar-refractivity contribution >= 4 is 27.8 Å². The average Bonchev–Trinajstić information content (AvgIpc) is 3.06. The second kappa shape index (κ2) is 7.10. The van der Waals surface area contributed by atoms with Crippen LogP contribution in [0, 0.1) is 0 Å². The fourth-order valence-electron chi connectivity index (χ4n) is 5.17. The molecule has 6 rings (SSSR count). The summed E-state index contributed by atoms with van der Waals surface area (Å²) in [4.78, 5) is 2.33. The Morgan fingerprint density at radius 2 is 1.09 bits per heavy atom. The number of hydrogen-bond acceptors (Lipinski definition) is 1. The molecule has 0 bridgehead atoms. The van der Waals surface area contributed by atoms with E-state index in [-0.39, 0.29) is 5.41 Å². The van der Waals surface area contributed by atoms with Gasteiger partial charge >= 0.3 is 0 Å². The first-order valence-electron chi connectivity index (χ1n) is 11.2. The van der Waals surface area contributed by atoms with E-state index in [9.17, 15) is 0 Å². The van der Waals surface area contributed by atoms with Crippen LogP contribution >= 0.6 is 0 Å². The van der Waals surface area contributed by atoms with E-state index in [0.717, 1.165) is 11.4 Å². The maximum atomic E-state index is 2.41. The first-order chi connectivity index (χ1) is 15.6. The molecule has 154 valence electrons. The fourth-order valence-corrected chi connectivity index (χ4v) is 5.17. The summed E-state index contributed by atoms with van der Waals surface area (Å²) in [5, 5.41) is 2.56. The van der Waals surface area contributed by atoms with Gasteiger partial charge in [0.15, 0.2) is 0 Å². The Balaban J connectivity index is 1.54. The quantitative estimate of drug-likeness (QED) is 0.287. The lowest BCUT2D eigenvalue weighted by Gasteiger charge is -2.26. The highest BCUT2D eigenvalue weighted by molar-refractivity contribution is 5.96. The predicted molar refractivity (Wildman–Crippen MR) is 136 cm³/mol. The molecule has 5 aromatic rings. The van der Waals surface area contributed by atoms with E-state index in [0.29, 0.717) is 0 Å². The van der Waals surface area contributed by atoms with Gasteiger partial charge in [-0.3, -0.25) is 0 Å². The van der Waals surface area contributed by atoms with Crippen LogP contribution in [0.2, 0.25) is 0 Å². The number of hydrogen-bond donors (Lipinski definition) is 0. The molecule has 1 aliphatic rings. The van der Waals surface area contributed by atoms with Crippen molar-refractivity contribution in [2.75, 3.05) is 4.90 Å². The summed E-state index contributed by atoms with van der Waals surface area (Å²) >= 11 is 0. The lowest BCUT2D eigenvalue weighted by Crippen LogP contribution is -2.14. The highest BCUT2D eigenvalue weighted by atomic mass is 15.1. The van der Waals surface area contributed by atoms with Crippen molar-refractivity contribution in [1.82, 2.24) is 0 Å². The minimum absolute atomic E-state index is 0.00860. The highest BCUT2D eigenvalue weighted by Gasteiger charge is 2.35. The molecule has 0 amide bonds. The standard InChI is InChI=1S/C31H25N/c1-31(2)29-16-10-9-15-27(29)28-20-22-17-18-26(19-23(22)21-30(28)31)32(24-11-5-3-6-12-24)25-13-7-4-8-14-25/h3-21H,1-2H3. The smallest absolute Gasteiger partial charge is 0.0468 e. The van der Waals surface area contributed by atoms with E-state index in [4.69, 9.17) is 0 Å². The van der Waals surface area contributed by atoms with Gasteiger partial charge in [-0.25, -0.2) is 0 Å². The molecule has 0 atom stereocenters. The molecule has 0 saturated heterocycles. The molecule has 1 nitrogen and oxygen atoms in total. The van der Waals surface area contributed by atoms with E-state index in [1.54, 1.807) is 0 Å². The van der Waals surface area contributed by atoms with Gasteiger partial charge in [0, 0.05) is 22.5 Å². The second-order valence-electron chi connectivity index (χ2n) is 9.11. The number of fused-ring (bicyclic) bond motifs is 4. The van der Waals surface area contributed by atoms with Crippen molar-refractivity contribution in [2.45, 2.75) is 19.3 Å². The molecule has 0 N–H and O–H groups in total. The summed E-state index contributed by atoms with van der Waals surface area (Å²) in [5.74, 6) is 0. The summed E-state index contributed by atoms with van der Waals surface area (Å²) in [6.45, 7) is 4.68. The van der Waals surface area contributed by atoms with Gasteiger partial charge in [0.05, 0.1) is 0 Å². The van der Waals surface area contributed by atoms with E-state index in [1.807, 2.05) is 0 Å². The maximum absolute atomic E-state index is 2.41. The van der Waals surface area contributed by atoms with Gasteiger partial charge in [0.1, 0.15) is 0 Å². The Kier molecular flexibility index (Phi) is 4.19. The lowest BCUT2D eigenvalue weighted by molar-refractivity contribution is 0.661. The Morgan fingerprint density at radius 1 is 0.469 bits per heavy atom. The van der Waals surface area contributed by atoms with E-state index in [2.05, 4.69) is 134 Å². The molecule has 0 aliphatic heterocycles. The van der Waals surface area contributed by atoms with Gasteiger partial charge in [-0.15, -0.1) is 0 Å². The molecule has 0 spiro atoms. The number of rotatable bonds is 3. The van der Waals surface area contributed by atoms with Crippen LogP contribution in [0.3, 0.4) is 0 Å². The molecule has 32 heavy (non-hydrogen) atoms. The van der Waals surface area contributed by atoms with Crippen LogP contribution in [0.1, 0.15) is 25.0 Å². The van der Waals surface area contributed by atoms with Gasteiger partial charge in [-0.2, -0.15) is 0 Å². The van der Waals surface area contributed by atoms with Gasteiger partial charge in [-0.05, 0) is 81.6 Å². The zero-order valence-corrected chi connectivity index (χ0v) is 18.4. The number of nitrogens with zero attached hydrogens (tertiary/aromatic N) is 1. The van der Waals surface area contributed by atoms with Gasteiger partial charge in [-0.1, -0.05) is 80.6 Å². The zero-order valence-electron chi connectivity index (χ0n) is 18.4. The van der Waals surface area contributed by atoms with Crippen LogP contribution in [0.25, 0.3) is 21.9 Å². The Bertz CT molecular complexity index is 1390. The van der Waals surface area contributed by atoms with Gasteiger partial charge in [0.2, 0.25) is 0 Å². The predicted octanol–water partition coefficient (Wildman–Crippen LogP) is 8.62. The van der Waals surface area contributed by atoms with Crippen molar-refractivity contribution < 1.29 is 0 Å². The third-order valence-corrected chi connectivity index (χ3v) is 6.81. The van der Waals surface area contributed by atoms with Crippen LogP contribution in [-0.4, -0.2) is 0 Å². The lowest BCUT2D eigenvalue weighted by atomic mass is 9.82. The highest BCUT2D eigenvalue weighted by Crippen LogP contribution is 2.50. The maximum Gasteiger partial charge on any atom is 0.0468 e. The first kappa shape index (κ1) is 18.9. The largest absolute Gasteiger partial charge is 0.310 e. The molecule has 1 heteroatoms. The van der Waals surface area contributed by atoms with Crippen LogP contribution in [0.5, 0.6) is 0 Å². The van der Waals surface area contributed by atoms with Crippen LogP contribution < -0.4 is 4.90 Å². The van der Waals surface area contributed by atoms with Crippen molar-refractivity contribution in [1.29, 1.82) is 0 Å². The van der Waals surface area contributed by atoms with Crippen molar-refractivity contribution in [3.63, 3.8) is 0 Å². The van der Waals surface area contributed by atoms with E-state index < -0.39 is 0 Å². The minimum atomic E-state index is 0.00860. The molecular formula is C31H25N. The summed E-state index contributed by atoms with van der Waals surface area (Å²) in [6, 6.07) is 41.6. The SMILES string of the molecule is CC1(C)c2ccccc2-c2cc3ccc(N(c4ccccc4)c4ccccc4)cc3cc21. The molecule has 0 aromatic heterocycles. The second-order valence-corrected chi connectivity index (χ2v) is 9.11. The molecule has 0 unspecified atom stereocenters. The monoisotopic (exact) mass is 411 g/mol. The number of benzene rings is 5. The summed E-state index contributed by atoms with van der Waals surface area (Å²) < 4.78 is 0. The topological polar surface area (TPSA) is 3.24 Å². The number of para-hydroxylation sites is 2. The molecule has 1 aliphatic carbocycles. The molecular weight excluding hydrogens is 386 g/mol. The van der Waals surface area contributed by atoms with E-state index in [1.165, 1.54) is 38.7 Å². The minimum Gasteiger partial charge on any atom is -0.310 e. The summed E-state index contributed by atoms with van der Waals surface area (Å²) in [5.41, 5.74) is 9.06. The molecule has 0 radical (unpaired) electrons. The summed E-state index contributed by atoms with van der Waals surface area (Å²) in [7, 11) is 0. The first-order valence-corrected chi connectivity index (χ1v) is 11.2. The Hall–Kier alpha value is -3.84. The molecule has 5 aromatic carbocycles. The molecule has 0 fully saturated rings. The number of anilines is 3. The van der Waals surface area contributed by atoms with Crippen LogP contribution in [0.15, 0.2) is 115 Å². The van der Waals surface area contributed by atoms with E-state index >= 15 is 0 Å². The van der Waals surface area contributed by atoms with Crippen molar-refractivity contribution in [3.05, 3.63) is 126 Å².